The van der Waals surface area contributed by atoms with Gasteiger partial charge in [-0.1, -0.05) is 66.9 Å². The molecule has 0 aromatic carbocycles. The van der Waals surface area contributed by atoms with Crippen molar-refractivity contribution in [3.63, 3.8) is 0 Å². The molecule has 0 aromatic heterocycles. The lowest BCUT2D eigenvalue weighted by Crippen LogP contribution is -2.67. The molecule has 0 saturated carbocycles. The zero-order valence-corrected chi connectivity index (χ0v) is 16.7. The SMILES string of the molecule is CC1(C(Br)(Br)Br)CC[Si](C)(C)[Si](C)(C)O1. The van der Waals surface area contributed by atoms with E-state index in [1.165, 1.54) is 6.04 Å². The first kappa shape index (κ1) is 14.9. The second kappa shape index (κ2) is 4.19. The van der Waals surface area contributed by atoms with Gasteiger partial charge in [0.1, 0.15) is 0 Å². The summed E-state index contributed by atoms with van der Waals surface area (Å²) < 4.78 is 6.20. The third-order valence-electron chi connectivity index (χ3n) is 3.94. The maximum atomic E-state index is 6.50. The summed E-state index contributed by atoms with van der Waals surface area (Å²) in [4.78, 5) is 0. The molecule has 1 aliphatic heterocycles. The molecule has 0 bridgehead atoms. The predicted octanol–water partition coefficient (Wildman–Crippen LogP) is 5.00. The zero-order chi connectivity index (χ0) is 12.1. The molecule has 6 heteroatoms. The van der Waals surface area contributed by atoms with Crippen LogP contribution in [0.4, 0.5) is 0 Å². The van der Waals surface area contributed by atoms with Gasteiger partial charge in [-0.3, -0.25) is 0 Å². The van der Waals surface area contributed by atoms with Crippen LogP contribution in [0.15, 0.2) is 0 Å². The fraction of sp³-hybridized carbons (Fsp3) is 1.00. The summed E-state index contributed by atoms with van der Waals surface area (Å²) in [6.45, 7) is 11.9. The van der Waals surface area contributed by atoms with Crippen molar-refractivity contribution in [1.82, 2.24) is 0 Å². The topological polar surface area (TPSA) is 9.23 Å². The molecule has 15 heavy (non-hydrogen) atoms. The van der Waals surface area contributed by atoms with Crippen molar-refractivity contribution in [1.29, 1.82) is 0 Å². The van der Waals surface area contributed by atoms with E-state index in [-0.39, 0.29) is 7.74 Å². The van der Waals surface area contributed by atoms with Crippen LogP contribution in [0.2, 0.25) is 32.2 Å². The van der Waals surface area contributed by atoms with Crippen LogP contribution in [0.1, 0.15) is 13.3 Å². The molecule has 1 atom stereocenters. The highest BCUT2D eigenvalue weighted by atomic mass is 80.0. The maximum absolute atomic E-state index is 6.50. The van der Waals surface area contributed by atoms with Gasteiger partial charge in [0.05, 0.1) is 13.2 Å². The van der Waals surface area contributed by atoms with Gasteiger partial charge in [-0.2, -0.15) is 0 Å². The van der Waals surface area contributed by atoms with E-state index in [0.29, 0.717) is 0 Å². The third kappa shape index (κ3) is 2.81. The van der Waals surface area contributed by atoms with Crippen LogP contribution in [0.5, 0.6) is 0 Å². The molecular weight excluding hydrogens is 420 g/mol. The fourth-order valence-electron chi connectivity index (χ4n) is 1.80. The third-order valence-corrected chi connectivity index (χ3v) is 23.0. The van der Waals surface area contributed by atoms with Gasteiger partial charge in [0.2, 0.25) is 0 Å². The number of hydrogen-bond acceptors (Lipinski definition) is 1. The first-order chi connectivity index (χ1) is 6.41. The van der Waals surface area contributed by atoms with E-state index in [2.05, 4.69) is 80.9 Å². The Morgan fingerprint density at radius 2 is 1.60 bits per heavy atom. The lowest BCUT2D eigenvalue weighted by Gasteiger charge is -2.53. The normalized spacial score (nSPS) is 35.2. The maximum Gasteiger partial charge on any atom is 0.174 e. The lowest BCUT2D eigenvalue weighted by molar-refractivity contribution is 0.0875. The smallest absolute Gasteiger partial charge is 0.174 e. The molecule has 1 heterocycles. The Bertz CT molecular complexity index is 263. The summed E-state index contributed by atoms with van der Waals surface area (Å²) in [7, 11) is -2.65. The van der Waals surface area contributed by atoms with Crippen molar-refractivity contribution in [3.8, 4) is 0 Å². The molecule has 1 saturated heterocycles. The zero-order valence-electron chi connectivity index (χ0n) is 9.96. The van der Waals surface area contributed by atoms with Crippen LogP contribution < -0.4 is 0 Å². The minimum absolute atomic E-state index is 0.148. The molecular formula is C9H19Br3OSi2. The molecule has 1 rings (SSSR count). The van der Waals surface area contributed by atoms with Gasteiger partial charge in [-0.15, -0.1) is 0 Å². The van der Waals surface area contributed by atoms with Gasteiger partial charge < -0.3 is 4.43 Å². The Morgan fingerprint density at radius 1 is 1.13 bits per heavy atom. The minimum Gasteiger partial charge on any atom is -0.412 e. The van der Waals surface area contributed by atoms with Crippen molar-refractivity contribution in [2.24, 2.45) is 0 Å². The molecule has 1 aliphatic rings. The Labute approximate surface area is 120 Å². The van der Waals surface area contributed by atoms with E-state index >= 15 is 0 Å². The van der Waals surface area contributed by atoms with E-state index in [9.17, 15) is 0 Å². The molecule has 0 amide bonds. The summed E-state index contributed by atoms with van der Waals surface area (Å²) in [6.07, 6.45) is 1.12. The molecule has 0 radical (unpaired) electrons. The highest BCUT2D eigenvalue weighted by Crippen LogP contribution is 2.53. The summed E-state index contributed by atoms with van der Waals surface area (Å²) in [5.74, 6) is 0. The molecule has 90 valence electrons. The number of alkyl halides is 3. The van der Waals surface area contributed by atoms with E-state index in [1.807, 2.05) is 0 Å². The van der Waals surface area contributed by atoms with Crippen molar-refractivity contribution < 1.29 is 4.43 Å². The predicted molar refractivity (Wildman–Crippen MR) is 83.4 cm³/mol. The molecule has 0 spiro atoms. The van der Waals surface area contributed by atoms with Gasteiger partial charge in [0.25, 0.3) is 0 Å². The van der Waals surface area contributed by atoms with Crippen LogP contribution in [0.25, 0.3) is 0 Å². The average molecular weight is 439 g/mol. The van der Waals surface area contributed by atoms with E-state index in [1.54, 1.807) is 0 Å². The summed E-state index contributed by atoms with van der Waals surface area (Å²) in [5.41, 5.74) is -0.148. The van der Waals surface area contributed by atoms with E-state index in [4.69, 9.17) is 4.43 Å². The van der Waals surface area contributed by atoms with Gasteiger partial charge >= 0.3 is 0 Å². The number of halogens is 3. The average Bonchev–Trinajstić information content (AvgIpc) is 1.95. The molecule has 1 nitrogen and oxygen atoms in total. The minimum atomic E-state index is -1.51. The molecule has 0 N–H and O–H groups in total. The van der Waals surface area contributed by atoms with Gasteiger partial charge in [0.15, 0.2) is 9.98 Å². The summed E-state index contributed by atoms with van der Waals surface area (Å²) >= 11 is 10.9. The van der Waals surface area contributed by atoms with Crippen LogP contribution in [-0.2, 0) is 4.43 Å². The Hall–Kier alpha value is 1.83. The first-order valence-electron chi connectivity index (χ1n) is 5.18. The molecule has 1 fully saturated rings. The van der Waals surface area contributed by atoms with Gasteiger partial charge in [-0.25, -0.2) is 0 Å². The second-order valence-corrected chi connectivity index (χ2v) is 27.7. The van der Waals surface area contributed by atoms with Crippen LogP contribution in [-0.4, -0.2) is 23.2 Å². The summed E-state index contributed by atoms with van der Waals surface area (Å²) in [5, 5.41) is 0. The van der Waals surface area contributed by atoms with E-state index in [0.717, 1.165) is 6.42 Å². The fourth-order valence-corrected chi connectivity index (χ4v) is 10.1. The number of rotatable bonds is 0. The van der Waals surface area contributed by atoms with Crippen molar-refractivity contribution in [2.75, 3.05) is 0 Å². The summed E-state index contributed by atoms with van der Waals surface area (Å²) in [6, 6.07) is 1.35. The Balaban J connectivity index is 2.97. The van der Waals surface area contributed by atoms with Crippen molar-refractivity contribution in [3.05, 3.63) is 0 Å². The lowest BCUT2D eigenvalue weighted by atomic mass is 10.1. The van der Waals surface area contributed by atoms with Crippen LogP contribution in [0.3, 0.4) is 0 Å². The Morgan fingerprint density at radius 3 is 1.93 bits per heavy atom. The van der Waals surface area contributed by atoms with Gasteiger partial charge in [-0.05, 0) is 26.4 Å². The Kier molecular flexibility index (Phi) is 4.16. The van der Waals surface area contributed by atoms with Crippen molar-refractivity contribution in [2.45, 2.75) is 53.3 Å². The van der Waals surface area contributed by atoms with Crippen molar-refractivity contribution >= 4 is 63.2 Å². The van der Waals surface area contributed by atoms with E-state index < -0.39 is 15.4 Å². The molecule has 0 aromatic rings. The number of hydrogen-bond donors (Lipinski definition) is 0. The van der Waals surface area contributed by atoms with Crippen LogP contribution >= 0.6 is 47.8 Å². The highest BCUT2D eigenvalue weighted by molar-refractivity contribution is 9.39. The highest BCUT2D eigenvalue weighted by Gasteiger charge is 2.56. The van der Waals surface area contributed by atoms with Crippen LogP contribution in [0, 0.1) is 0 Å². The molecule has 0 aliphatic carbocycles. The molecule has 1 unspecified atom stereocenters. The second-order valence-electron chi connectivity index (χ2n) is 5.72. The first-order valence-corrected chi connectivity index (χ1v) is 14.7. The quantitative estimate of drug-likeness (QED) is 0.382. The largest absolute Gasteiger partial charge is 0.412 e. The van der Waals surface area contributed by atoms with Gasteiger partial charge in [0, 0.05) is 0 Å². The standard InChI is InChI=1S/C9H19Br3OSi2/c1-8(9(10,11)12)6-7-14(2,3)15(4,5)13-8/h6-7H2,1-5H3. The monoisotopic (exact) mass is 436 g/mol.